The largest absolute Gasteiger partial charge is 0.480 e. The number of carboxylic acids is 1. The van der Waals surface area contributed by atoms with Gasteiger partial charge in [0.25, 0.3) is 0 Å². The predicted molar refractivity (Wildman–Crippen MR) is 69.7 cm³/mol. The SMILES string of the molecule is CSCC[C@@H](NC(=O)N1CCC(CO)C1)C(=O)O. The molecule has 0 spiro atoms. The van der Waals surface area contributed by atoms with Crippen LogP contribution in [-0.2, 0) is 4.79 Å². The van der Waals surface area contributed by atoms with Gasteiger partial charge in [0.2, 0.25) is 0 Å². The average molecular weight is 276 g/mol. The van der Waals surface area contributed by atoms with E-state index in [2.05, 4.69) is 5.32 Å². The number of nitrogens with one attached hydrogen (secondary N) is 1. The number of carboxylic acid groups (broad SMARTS) is 1. The predicted octanol–water partition coefficient (Wildman–Crippen LogP) is 0.216. The van der Waals surface area contributed by atoms with E-state index in [9.17, 15) is 9.59 Å². The number of hydrogen-bond donors (Lipinski definition) is 3. The van der Waals surface area contributed by atoms with Gasteiger partial charge in [-0.1, -0.05) is 0 Å². The van der Waals surface area contributed by atoms with E-state index in [-0.39, 0.29) is 18.6 Å². The Bertz CT molecular complexity index is 301. The van der Waals surface area contributed by atoms with Crippen molar-refractivity contribution in [3.8, 4) is 0 Å². The zero-order valence-electron chi connectivity index (χ0n) is 10.5. The first-order valence-corrected chi connectivity index (χ1v) is 7.36. The first kappa shape index (κ1) is 15.1. The Labute approximate surface area is 111 Å². The second-order valence-corrected chi connectivity index (χ2v) is 5.39. The van der Waals surface area contributed by atoms with Gasteiger partial charge in [-0.15, -0.1) is 0 Å². The molecule has 1 aliphatic heterocycles. The van der Waals surface area contributed by atoms with E-state index >= 15 is 0 Å². The van der Waals surface area contributed by atoms with Crippen LogP contribution in [0.15, 0.2) is 0 Å². The molecule has 1 rings (SSSR count). The van der Waals surface area contributed by atoms with Crippen LogP contribution in [0.5, 0.6) is 0 Å². The van der Waals surface area contributed by atoms with E-state index in [0.29, 0.717) is 25.3 Å². The summed E-state index contributed by atoms with van der Waals surface area (Å²) in [6, 6.07) is -1.18. The zero-order valence-corrected chi connectivity index (χ0v) is 11.3. The Kier molecular flexibility index (Phi) is 6.28. The Morgan fingerprint density at radius 3 is 2.78 bits per heavy atom. The highest BCUT2D eigenvalue weighted by Crippen LogP contribution is 2.15. The first-order valence-electron chi connectivity index (χ1n) is 5.96. The molecule has 2 amide bonds. The fourth-order valence-corrected chi connectivity index (χ4v) is 2.37. The van der Waals surface area contributed by atoms with Crippen molar-refractivity contribution in [3.63, 3.8) is 0 Å². The molecule has 18 heavy (non-hydrogen) atoms. The topological polar surface area (TPSA) is 89.9 Å². The Morgan fingerprint density at radius 1 is 1.56 bits per heavy atom. The van der Waals surface area contributed by atoms with Crippen molar-refractivity contribution >= 4 is 23.8 Å². The van der Waals surface area contributed by atoms with Gasteiger partial charge in [0.1, 0.15) is 6.04 Å². The molecule has 0 aromatic heterocycles. The van der Waals surface area contributed by atoms with Crippen molar-refractivity contribution in [1.82, 2.24) is 10.2 Å². The number of thioether (sulfide) groups is 1. The lowest BCUT2D eigenvalue weighted by Crippen LogP contribution is -2.47. The van der Waals surface area contributed by atoms with Crippen LogP contribution in [-0.4, -0.2) is 64.9 Å². The molecule has 1 unspecified atom stereocenters. The number of likely N-dealkylation sites (tertiary alicyclic amines) is 1. The van der Waals surface area contributed by atoms with Crippen molar-refractivity contribution in [2.45, 2.75) is 18.9 Å². The van der Waals surface area contributed by atoms with E-state index in [1.165, 1.54) is 0 Å². The lowest BCUT2D eigenvalue weighted by Gasteiger charge is -2.20. The Morgan fingerprint density at radius 2 is 2.28 bits per heavy atom. The maximum atomic E-state index is 11.8. The summed E-state index contributed by atoms with van der Waals surface area (Å²) in [4.78, 5) is 24.4. The van der Waals surface area contributed by atoms with Crippen molar-refractivity contribution < 1.29 is 19.8 Å². The van der Waals surface area contributed by atoms with Crippen molar-refractivity contribution in [2.24, 2.45) is 5.92 Å². The van der Waals surface area contributed by atoms with Gasteiger partial charge >= 0.3 is 12.0 Å². The minimum Gasteiger partial charge on any atom is -0.480 e. The Hall–Kier alpha value is -0.950. The van der Waals surface area contributed by atoms with Crippen LogP contribution in [0.25, 0.3) is 0 Å². The molecular formula is C11H20N2O4S. The molecule has 0 aromatic rings. The maximum Gasteiger partial charge on any atom is 0.326 e. The number of aliphatic hydroxyl groups is 1. The summed E-state index contributed by atoms with van der Waals surface area (Å²) in [6.07, 6.45) is 3.08. The number of carbonyl (C=O) groups excluding carboxylic acids is 1. The van der Waals surface area contributed by atoms with Gasteiger partial charge in [-0.05, 0) is 24.9 Å². The fourth-order valence-electron chi connectivity index (χ4n) is 1.90. The number of urea groups is 1. The summed E-state index contributed by atoms with van der Waals surface area (Å²) < 4.78 is 0. The van der Waals surface area contributed by atoms with Crippen LogP contribution < -0.4 is 5.32 Å². The fraction of sp³-hybridized carbons (Fsp3) is 0.818. The van der Waals surface area contributed by atoms with Gasteiger partial charge in [-0.25, -0.2) is 9.59 Å². The summed E-state index contributed by atoms with van der Waals surface area (Å²) in [5.74, 6) is -0.197. The highest BCUT2D eigenvalue weighted by atomic mass is 32.2. The molecular weight excluding hydrogens is 256 g/mol. The molecule has 0 aromatic carbocycles. The summed E-state index contributed by atoms with van der Waals surface area (Å²) >= 11 is 1.55. The van der Waals surface area contributed by atoms with Crippen molar-refractivity contribution in [3.05, 3.63) is 0 Å². The zero-order chi connectivity index (χ0) is 13.5. The van der Waals surface area contributed by atoms with E-state index in [1.807, 2.05) is 6.26 Å². The number of nitrogens with zero attached hydrogens (tertiary/aromatic N) is 1. The molecule has 0 aliphatic carbocycles. The third kappa shape index (κ3) is 4.38. The highest BCUT2D eigenvalue weighted by molar-refractivity contribution is 7.98. The van der Waals surface area contributed by atoms with Gasteiger partial charge in [0.05, 0.1) is 0 Å². The normalized spacial score (nSPS) is 20.8. The summed E-state index contributed by atoms with van der Waals surface area (Å²) in [6.45, 7) is 1.14. The molecule has 6 nitrogen and oxygen atoms in total. The molecule has 0 saturated carbocycles. The molecule has 1 aliphatic rings. The smallest absolute Gasteiger partial charge is 0.326 e. The number of rotatable bonds is 6. The molecule has 7 heteroatoms. The number of aliphatic carboxylic acids is 1. The standard InChI is InChI=1S/C11H20N2O4S/c1-18-5-3-9(10(15)16)12-11(17)13-4-2-8(6-13)7-14/h8-9,14H,2-7H2,1H3,(H,12,17)(H,15,16)/t8?,9-/m1/s1. The molecule has 0 bridgehead atoms. The lowest BCUT2D eigenvalue weighted by molar-refractivity contribution is -0.139. The molecule has 1 saturated heterocycles. The van der Waals surface area contributed by atoms with Crippen molar-refractivity contribution in [1.29, 1.82) is 0 Å². The summed E-state index contributed by atoms with van der Waals surface area (Å²) in [5, 5.41) is 20.5. The third-order valence-electron chi connectivity index (χ3n) is 3.04. The Balaban J connectivity index is 2.43. The summed E-state index contributed by atoms with van der Waals surface area (Å²) in [7, 11) is 0. The van der Waals surface area contributed by atoms with Gasteiger partial charge in [-0.3, -0.25) is 0 Å². The molecule has 1 fully saturated rings. The number of aliphatic hydroxyl groups excluding tert-OH is 1. The van der Waals surface area contributed by atoms with Crippen molar-refractivity contribution in [2.75, 3.05) is 31.7 Å². The third-order valence-corrected chi connectivity index (χ3v) is 3.68. The van der Waals surface area contributed by atoms with Crippen LogP contribution in [0.3, 0.4) is 0 Å². The summed E-state index contributed by atoms with van der Waals surface area (Å²) in [5.41, 5.74) is 0. The van der Waals surface area contributed by atoms with Crippen LogP contribution in [0.2, 0.25) is 0 Å². The highest BCUT2D eigenvalue weighted by Gasteiger charge is 2.28. The van der Waals surface area contributed by atoms with Crippen LogP contribution >= 0.6 is 11.8 Å². The number of carbonyl (C=O) groups is 2. The maximum absolute atomic E-state index is 11.8. The molecule has 1 heterocycles. The first-order chi connectivity index (χ1) is 8.58. The van der Waals surface area contributed by atoms with Gasteiger partial charge in [-0.2, -0.15) is 11.8 Å². The second-order valence-electron chi connectivity index (χ2n) is 4.41. The number of amides is 2. The quantitative estimate of drug-likeness (QED) is 0.645. The minimum atomic E-state index is -1.00. The number of hydrogen-bond acceptors (Lipinski definition) is 4. The molecule has 3 N–H and O–H groups in total. The molecule has 0 radical (unpaired) electrons. The van der Waals surface area contributed by atoms with Gasteiger partial charge < -0.3 is 20.4 Å². The van der Waals surface area contributed by atoms with Gasteiger partial charge in [0.15, 0.2) is 0 Å². The van der Waals surface area contributed by atoms with Crippen LogP contribution in [0.4, 0.5) is 4.79 Å². The van der Waals surface area contributed by atoms with E-state index < -0.39 is 12.0 Å². The van der Waals surface area contributed by atoms with Crippen LogP contribution in [0, 0.1) is 5.92 Å². The van der Waals surface area contributed by atoms with E-state index in [4.69, 9.17) is 10.2 Å². The second kappa shape index (κ2) is 7.48. The van der Waals surface area contributed by atoms with E-state index in [0.717, 1.165) is 6.42 Å². The van der Waals surface area contributed by atoms with Crippen LogP contribution in [0.1, 0.15) is 12.8 Å². The minimum absolute atomic E-state index is 0.0681. The van der Waals surface area contributed by atoms with Gasteiger partial charge in [0, 0.05) is 25.6 Å². The molecule has 104 valence electrons. The molecule has 2 atom stereocenters. The monoisotopic (exact) mass is 276 g/mol. The van der Waals surface area contributed by atoms with E-state index in [1.54, 1.807) is 16.7 Å². The lowest BCUT2D eigenvalue weighted by atomic mass is 10.1. The average Bonchev–Trinajstić information content (AvgIpc) is 2.82.